The number of benzene rings is 1. The van der Waals surface area contributed by atoms with E-state index in [-0.39, 0.29) is 0 Å². The molecule has 96 valence electrons. The zero-order chi connectivity index (χ0) is 12.3. The summed E-state index contributed by atoms with van der Waals surface area (Å²) >= 11 is 2.41. The van der Waals surface area contributed by atoms with Gasteiger partial charge in [-0.1, -0.05) is 67.3 Å². The number of halogens is 1. The van der Waals surface area contributed by atoms with Crippen LogP contribution in [0.25, 0.3) is 0 Å². The van der Waals surface area contributed by atoms with Crippen molar-refractivity contribution in [3.63, 3.8) is 0 Å². The lowest BCUT2D eigenvalue weighted by atomic mass is 10.1. The fourth-order valence-electron chi connectivity index (χ4n) is 1.76. The Bertz CT molecular complexity index is 281. The van der Waals surface area contributed by atoms with Gasteiger partial charge in [0.1, 0.15) is 5.75 Å². The number of unbranched alkanes of at least 4 members (excludes halogenated alkanes) is 4. The smallest absolute Gasteiger partial charge is 0.119 e. The van der Waals surface area contributed by atoms with Crippen LogP contribution in [0.4, 0.5) is 0 Å². The van der Waals surface area contributed by atoms with Gasteiger partial charge in [0, 0.05) is 4.43 Å². The second-order valence-electron chi connectivity index (χ2n) is 4.35. The first-order chi connectivity index (χ1) is 8.36. The molecule has 0 aliphatic heterocycles. The van der Waals surface area contributed by atoms with E-state index in [4.69, 9.17) is 4.74 Å². The fourth-order valence-corrected chi connectivity index (χ4v) is 2.38. The standard InChI is InChI=1S/C15H23IO/c1-2-3-4-5-6-13-17-15-9-7-14(8-10-15)11-12-16/h7-10H,2-6,11-13H2,1H3. The molecule has 0 aliphatic rings. The van der Waals surface area contributed by atoms with Crippen LogP contribution >= 0.6 is 22.6 Å². The topological polar surface area (TPSA) is 9.23 Å². The molecule has 0 bridgehead atoms. The van der Waals surface area contributed by atoms with E-state index >= 15 is 0 Å². The Morgan fingerprint density at radius 1 is 1.00 bits per heavy atom. The average molecular weight is 346 g/mol. The van der Waals surface area contributed by atoms with E-state index in [1.54, 1.807) is 0 Å². The third kappa shape index (κ3) is 6.92. The van der Waals surface area contributed by atoms with Gasteiger partial charge in [0.2, 0.25) is 0 Å². The molecule has 0 aliphatic carbocycles. The second kappa shape index (κ2) is 9.75. The van der Waals surface area contributed by atoms with Crippen LogP contribution in [0.2, 0.25) is 0 Å². The molecule has 0 atom stereocenters. The van der Waals surface area contributed by atoms with Crippen molar-refractivity contribution in [2.45, 2.75) is 45.4 Å². The summed E-state index contributed by atoms with van der Waals surface area (Å²) in [5, 5.41) is 0. The minimum atomic E-state index is 0.856. The highest BCUT2D eigenvalue weighted by molar-refractivity contribution is 14.1. The molecule has 1 aromatic rings. The van der Waals surface area contributed by atoms with Crippen LogP contribution in [0.5, 0.6) is 5.75 Å². The van der Waals surface area contributed by atoms with Crippen LogP contribution in [0.1, 0.15) is 44.6 Å². The zero-order valence-corrected chi connectivity index (χ0v) is 12.9. The number of hydrogen-bond donors (Lipinski definition) is 0. The van der Waals surface area contributed by atoms with Crippen LogP contribution in [0, 0.1) is 0 Å². The Morgan fingerprint density at radius 2 is 1.71 bits per heavy atom. The second-order valence-corrected chi connectivity index (χ2v) is 5.42. The summed E-state index contributed by atoms with van der Waals surface area (Å²) in [5.41, 5.74) is 1.40. The summed E-state index contributed by atoms with van der Waals surface area (Å²) in [4.78, 5) is 0. The SMILES string of the molecule is CCCCCCCOc1ccc(CCI)cc1. The van der Waals surface area contributed by atoms with Gasteiger partial charge in [0.15, 0.2) is 0 Å². The van der Waals surface area contributed by atoms with Crippen molar-refractivity contribution in [3.05, 3.63) is 29.8 Å². The van der Waals surface area contributed by atoms with Gasteiger partial charge in [-0.3, -0.25) is 0 Å². The van der Waals surface area contributed by atoms with Crippen LogP contribution in [-0.2, 0) is 6.42 Å². The van der Waals surface area contributed by atoms with E-state index < -0.39 is 0 Å². The van der Waals surface area contributed by atoms with Gasteiger partial charge in [-0.2, -0.15) is 0 Å². The van der Waals surface area contributed by atoms with E-state index in [2.05, 4.69) is 53.8 Å². The van der Waals surface area contributed by atoms with Gasteiger partial charge in [-0.15, -0.1) is 0 Å². The molecule has 0 amide bonds. The number of hydrogen-bond acceptors (Lipinski definition) is 1. The third-order valence-electron chi connectivity index (χ3n) is 2.82. The lowest BCUT2D eigenvalue weighted by Gasteiger charge is -2.06. The lowest BCUT2D eigenvalue weighted by molar-refractivity contribution is 0.304. The van der Waals surface area contributed by atoms with Crippen LogP contribution in [0.15, 0.2) is 24.3 Å². The highest BCUT2D eigenvalue weighted by Crippen LogP contribution is 2.14. The van der Waals surface area contributed by atoms with Crippen LogP contribution < -0.4 is 4.74 Å². The number of alkyl halides is 1. The van der Waals surface area contributed by atoms with Crippen molar-refractivity contribution < 1.29 is 4.74 Å². The molecule has 17 heavy (non-hydrogen) atoms. The molecule has 0 aromatic heterocycles. The Labute approximate surface area is 119 Å². The molecule has 0 unspecified atom stereocenters. The summed E-state index contributed by atoms with van der Waals surface area (Å²) in [6.07, 6.45) is 7.62. The highest BCUT2D eigenvalue weighted by atomic mass is 127. The first-order valence-electron chi connectivity index (χ1n) is 6.64. The van der Waals surface area contributed by atoms with Crippen molar-refractivity contribution in [3.8, 4) is 5.75 Å². The molecule has 0 spiro atoms. The number of ether oxygens (including phenoxy) is 1. The Balaban J connectivity index is 2.14. The van der Waals surface area contributed by atoms with E-state index in [0.717, 1.165) is 18.8 Å². The lowest BCUT2D eigenvalue weighted by Crippen LogP contribution is -1.97. The van der Waals surface area contributed by atoms with Gasteiger partial charge < -0.3 is 4.74 Å². The van der Waals surface area contributed by atoms with Gasteiger partial charge in [-0.25, -0.2) is 0 Å². The molecule has 1 aromatic carbocycles. The molecule has 0 radical (unpaired) electrons. The highest BCUT2D eigenvalue weighted by Gasteiger charge is 1.95. The monoisotopic (exact) mass is 346 g/mol. The van der Waals surface area contributed by atoms with Crippen LogP contribution in [0.3, 0.4) is 0 Å². The summed E-state index contributed by atoms with van der Waals surface area (Å²) in [6, 6.07) is 8.53. The van der Waals surface area contributed by atoms with E-state index in [9.17, 15) is 0 Å². The number of aryl methyl sites for hydroxylation is 1. The van der Waals surface area contributed by atoms with E-state index in [0.29, 0.717) is 0 Å². The van der Waals surface area contributed by atoms with Gasteiger partial charge in [-0.05, 0) is 30.5 Å². The van der Waals surface area contributed by atoms with Crippen molar-refractivity contribution in [1.29, 1.82) is 0 Å². The maximum absolute atomic E-state index is 5.72. The number of rotatable bonds is 9. The molecule has 0 saturated carbocycles. The van der Waals surface area contributed by atoms with Gasteiger partial charge in [0.25, 0.3) is 0 Å². The summed E-state index contributed by atoms with van der Waals surface area (Å²) in [6.45, 7) is 3.10. The maximum Gasteiger partial charge on any atom is 0.119 e. The third-order valence-corrected chi connectivity index (χ3v) is 3.36. The minimum absolute atomic E-state index is 0.856. The van der Waals surface area contributed by atoms with Gasteiger partial charge in [0.05, 0.1) is 6.61 Å². The average Bonchev–Trinajstić information content (AvgIpc) is 2.36. The molecule has 1 rings (SSSR count). The zero-order valence-electron chi connectivity index (χ0n) is 10.8. The normalized spacial score (nSPS) is 10.5. The predicted octanol–water partition coefficient (Wildman–Crippen LogP) is 5.01. The summed E-state index contributed by atoms with van der Waals surface area (Å²) in [5.74, 6) is 1.01. The quantitative estimate of drug-likeness (QED) is 0.347. The van der Waals surface area contributed by atoms with Crippen molar-refractivity contribution in [1.82, 2.24) is 0 Å². The van der Waals surface area contributed by atoms with Crippen molar-refractivity contribution in [2.75, 3.05) is 11.0 Å². The largest absolute Gasteiger partial charge is 0.494 e. The van der Waals surface area contributed by atoms with Crippen molar-refractivity contribution in [2.24, 2.45) is 0 Å². The molecular weight excluding hydrogens is 323 g/mol. The van der Waals surface area contributed by atoms with E-state index in [1.807, 2.05) is 0 Å². The predicted molar refractivity (Wildman–Crippen MR) is 83.3 cm³/mol. The Morgan fingerprint density at radius 3 is 2.35 bits per heavy atom. The molecule has 2 heteroatoms. The minimum Gasteiger partial charge on any atom is -0.494 e. The van der Waals surface area contributed by atoms with E-state index in [1.165, 1.54) is 42.1 Å². The summed E-state index contributed by atoms with van der Waals surface area (Å²) < 4.78 is 6.89. The molecule has 0 saturated heterocycles. The summed E-state index contributed by atoms with van der Waals surface area (Å²) in [7, 11) is 0. The Hall–Kier alpha value is -0.250. The molecule has 0 heterocycles. The maximum atomic E-state index is 5.72. The fraction of sp³-hybridized carbons (Fsp3) is 0.600. The van der Waals surface area contributed by atoms with Gasteiger partial charge >= 0.3 is 0 Å². The van der Waals surface area contributed by atoms with Crippen LogP contribution in [-0.4, -0.2) is 11.0 Å². The molecule has 0 N–H and O–H groups in total. The van der Waals surface area contributed by atoms with Crippen molar-refractivity contribution >= 4 is 22.6 Å². The molecular formula is C15H23IO. The first-order valence-corrected chi connectivity index (χ1v) is 8.17. The molecule has 0 fully saturated rings. The Kier molecular flexibility index (Phi) is 8.49. The molecule has 1 nitrogen and oxygen atoms in total. The first kappa shape index (κ1) is 14.8.